The Morgan fingerprint density at radius 3 is 2.65 bits per heavy atom. The van der Waals surface area contributed by atoms with Gasteiger partial charge in [-0.05, 0) is 36.0 Å². The summed E-state index contributed by atoms with van der Waals surface area (Å²) in [5, 5.41) is 10.8. The number of ether oxygens (including phenoxy) is 2. The summed E-state index contributed by atoms with van der Waals surface area (Å²) in [6.07, 6.45) is 1.97. The molecule has 0 bridgehead atoms. The first-order valence-corrected chi connectivity index (χ1v) is 7.52. The van der Waals surface area contributed by atoms with E-state index in [1.807, 2.05) is 6.07 Å². The van der Waals surface area contributed by atoms with Gasteiger partial charge < -0.3 is 14.6 Å². The van der Waals surface area contributed by atoms with Crippen molar-refractivity contribution in [1.82, 2.24) is 0 Å². The molecule has 1 unspecified atom stereocenters. The van der Waals surface area contributed by atoms with E-state index in [1.54, 1.807) is 6.07 Å². The van der Waals surface area contributed by atoms with Crippen molar-refractivity contribution in [2.45, 2.75) is 46.1 Å². The Bertz CT molecular complexity index is 466. The van der Waals surface area contributed by atoms with Crippen molar-refractivity contribution in [3.63, 3.8) is 0 Å². The lowest BCUT2D eigenvalue weighted by atomic mass is 9.88. The number of benzene rings is 1. The molecule has 0 aliphatic carbocycles. The maximum absolute atomic E-state index is 10.3. The maximum Gasteiger partial charge on any atom is 0.179 e. The molecule has 3 nitrogen and oxygen atoms in total. The number of hydrogen-bond acceptors (Lipinski definition) is 3. The van der Waals surface area contributed by atoms with Crippen LogP contribution in [-0.4, -0.2) is 18.3 Å². The van der Waals surface area contributed by atoms with Gasteiger partial charge in [-0.3, -0.25) is 0 Å². The van der Waals surface area contributed by atoms with Crippen molar-refractivity contribution in [2.24, 2.45) is 5.41 Å². The van der Waals surface area contributed by atoms with Gasteiger partial charge in [-0.1, -0.05) is 32.4 Å². The van der Waals surface area contributed by atoms with Crippen LogP contribution in [0.5, 0.6) is 11.5 Å². The molecule has 0 radical (unpaired) electrons. The minimum absolute atomic E-state index is 0.204. The van der Waals surface area contributed by atoms with Gasteiger partial charge in [-0.15, -0.1) is 0 Å². The van der Waals surface area contributed by atoms with Crippen LogP contribution in [0.3, 0.4) is 0 Å². The second kappa shape index (κ2) is 6.23. The largest absolute Gasteiger partial charge is 0.489 e. The van der Waals surface area contributed by atoms with Crippen LogP contribution in [0, 0.1) is 5.41 Å². The molecule has 0 amide bonds. The van der Waals surface area contributed by atoms with Gasteiger partial charge in [0.2, 0.25) is 0 Å². The lowest BCUT2D eigenvalue weighted by Gasteiger charge is -2.21. The molecule has 0 saturated carbocycles. The van der Waals surface area contributed by atoms with Crippen LogP contribution in [0.15, 0.2) is 12.1 Å². The molecule has 112 valence electrons. The third-order valence-corrected chi connectivity index (χ3v) is 3.66. The van der Waals surface area contributed by atoms with Crippen LogP contribution in [0.4, 0.5) is 0 Å². The number of aliphatic hydroxyl groups excluding tert-OH is 1. The zero-order chi connectivity index (χ0) is 14.8. The lowest BCUT2D eigenvalue weighted by Crippen LogP contribution is -2.08. The highest BCUT2D eigenvalue weighted by atomic mass is 35.5. The van der Waals surface area contributed by atoms with E-state index in [4.69, 9.17) is 21.1 Å². The normalized spacial score (nSPS) is 16.6. The van der Waals surface area contributed by atoms with Gasteiger partial charge in [0.25, 0.3) is 0 Å². The maximum atomic E-state index is 10.3. The van der Waals surface area contributed by atoms with Crippen molar-refractivity contribution in [3.05, 3.63) is 22.7 Å². The summed E-state index contributed by atoms with van der Waals surface area (Å²) in [6.45, 7) is 7.73. The van der Waals surface area contributed by atoms with Crippen LogP contribution in [-0.2, 0) is 0 Å². The molecule has 1 aromatic carbocycles. The summed E-state index contributed by atoms with van der Waals surface area (Å²) < 4.78 is 11.2. The second-order valence-corrected chi connectivity index (χ2v) is 6.90. The number of rotatable bonds is 3. The zero-order valence-corrected chi connectivity index (χ0v) is 13.2. The highest BCUT2D eigenvalue weighted by molar-refractivity contribution is 6.32. The van der Waals surface area contributed by atoms with Crippen LogP contribution < -0.4 is 9.47 Å². The molecule has 1 aliphatic rings. The van der Waals surface area contributed by atoms with Gasteiger partial charge in [0.15, 0.2) is 11.5 Å². The Kier molecular flexibility index (Phi) is 4.82. The summed E-state index contributed by atoms with van der Waals surface area (Å²) in [7, 11) is 0. The Balaban J connectivity index is 2.16. The zero-order valence-electron chi connectivity index (χ0n) is 12.4. The fourth-order valence-corrected chi connectivity index (χ4v) is 2.45. The van der Waals surface area contributed by atoms with E-state index in [2.05, 4.69) is 20.8 Å². The fraction of sp³-hybridized carbons (Fsp3) is 0.625. The van der Waals surface area contributed by atoms with Crippen molar-refractivity contribution in [2.75, 3.05) is 13.2 Å². The molecular formula is C16H23ClO3. The Hall–Kier alpha value is -0.930. The van der Waals surface area contributed by atoms with Crippen molar-refractivity contribution >= 4 is 11.6 Å². The molecule has 0 aromatic heterocycles. The first-order valence-electron chi connectivity index (χ1n) is 7.14. The van der Waals surface area contributed by atoms with Gasteiger partial charge in [-0.25, -0.2) is 0 Å². The van der Waals surface area contributed by atoms with E-state index in [0.29, 0.717) is 36.2 Å². The van der Waals surface area contributed by atoms with E-state index < -0.39 is 6.10 Å². The first-order chi connectivity index (χ1) is 9.37. The molecule has 0 spiro atoms. The SMILES string of the molecule is CC(C)(C)CCC(O)c1cc(Cl)c2c(c1)OCCCO2. The molecule has 1 aromatic rings. The second-order valence-electron chi connectivity index (χ2n) is 6.50. The van der Waals surface area contributed by atoms with Crippen LogP contribution in [0.2, 0.25) is 5.02 Å². The van der Waals surface area contributed by atoms with Crippen molar-refractivity contribution < 1.29 is 14.6 Å². The van der Waals surface area contributed by atoms with E-state index in [0.717, 1.165) is 18.4 Å². The molecule has 1 heterocycles. The molecular weight excluding hydrogens is 276 g/mol. The number of aliphatic hydroxyl groups is 1. The van der Waals surface area contributed by atoms with Gasteiger partial charge in [0.05, 0.1) is 24.3 Å². The summed E-state index contributed by atoms with van der Waals surface area (Å²) in [5.41, 5.74) is 0.999. The minimum atomic E-state index is -0.524. The molecule has 1 aliphatic heterocycles. The number of halogens is 1. The quantitative estimate of drug-likeness (QED) is 0.901. The fourth-order valence-electron chi connectivity index (χ4n) is 2.18. The Labute approximate surface area is 125 Å². The van der Waals surface area contributed by atoms with Gasteiger partial charge in [-0.2, -0.15) is 0 Å². The van der Waals surface area contributed by atoms with Crippen LogP contribution >= 0.6 is 11.6 Å². The van der Waals surface area contributed by atoms with Crippen molar-refractivity contribution in [1.29, 1.82) is 0 Å². The van der Waals surface area contributed by atoms with Gasteiger partial charge in [0.1, 0.15) is 0 Å². The monoisotopic (exact) mass is 298 g/mol. The number of hydrogen-bond donors (Lipinski definition) is 1. The summed E-state index contributed by atoms with van der Waals surface area (Å²) in [5.74, 6) is 1.23. The van der Waals surface area contributed by atoms with Crippen molar-refractivity contribution in [3.8, 4) is 11.5 Å². The van der Waals surface area contributed by atoms with E-state index in [9.17, 15) is 5.11 Å². The van der Waals surface area contributed by atoms with Gasteiger partial charge in [0, 0.05) is 6.42 Å². The van der Waals surface area contributed by atoms with E-state index in [-0.39, 0.29) is 5.41 Å². The highest BCUT2D eigenvalue weighted by Gasteiger charge is 2.20. The van der Waals surface area contributed by atoms with E-state index >= 15 is 0 Å². The first kappa shape index (κ1) is 15.5. The van der Waals surface area contributed by atoms with E-state index in [1.165, 1.54) is 0 Å². The standard InChI is InChI=1S/C16H23ClO3/c1-16(2,3)6-5-13(18)11-9-12(17)15-14(10-11)19-7-4-8-20-15/h9-10,13,18H,4-8H2,1-3H3. The van der Waals surface area contributed by atoms with Gasteiger partial charge >= 0.3 is 0 Å². The van der Waals surface area contributed by atoms with Crippen LogP contribution in [0.1, 0.15) is 51.7 Å². The predicted molar refractivity (Wildman–Crippen MR) is 80.7 cm³/mol. The summed E-state index contributed by atoms with van der Waals surface area (Å²) in [6, 6.07) is 3.63. The molecule has 4 heteroatoms. The molecule has 0 saturated heterocycles. The predicted octanol–water partition coefficient (Wildman–Crippen LogP) is 4.36. The molecule has 0 fully saturated rings. The third-order valence-electron chi connectivity index (χ3n) is 3.38. The minimum Gasteiger partial charge on any atom is -0.489 e. The number of fused-ring (bicyclic) bond motifs is 1. The average molecular weight is 299 g/mol. The summed E-state index contributed by atoms with van der Waals surface area (Å²) in [4.78, 5) is 0. The smallest absolute Gasteiger partial charge is 0.179 e. The summed E-state index contributed by atoms with van der Waals surface area (Å²) >= 11 is 6.24. The topological polar surface area (TPSA) is 38.7 Å². The Morgan fingerprint density at radius 1 is 1.25 bits per heavy atom. The highest BCUT2D eigenvalue weighted by Crippen LogP contribution is 2.40. The molecule has 1 atom stereocenters. The molecule has 2 rings (SSSR count). The molecule has 1 N–H and O–H groups in total. The lowest BCUT2D eigenvalue weighted by molar-refractivity contribution is 0.147. The average Bonchev–Trinajstić information content (AvgIpc) is 2.60. The Morgan fingerprint density at radius 2 is 1.95 bits per heavy atom. The molecule has 20 heavy (non-hydrogen) atoms. The van der Waals surface area contributed by atoms with Crippen LogP contribution in [0.25, 0.3) is 0 Å². The third kappa shape index (κ3) is 4.03.